The highest BCUT2D eigenvalue weighted by Gasteiger charge is 2.36. The lowest BCUT2D eigenvalue weighted by Crippen LogP contribution is -2.40. The van der Waals surface area contributed by atoms with Gasteiger partial charge in [-0.25, -0.2) is 4.79 Å². The van der Waals surface area contributed by atoms with Crippen molar-refractivity contribution in [3.8, 4) is 0 Å². The molecule has 6 nitrogen and oxygen atoms in total. The van der Waals surface area contributed by atoms with Crippen molar-refractivity contribution < 1.29 is 4.74 Å². The molecule has 7 heteroatoms. The number of H-pyrrole nitrogens is 1. The predicted molar refractivity (Wildman–Crippen MR) is 88.9 cm³/mol. The van der Waals surface area contributed by atoms with Gasteiger partial charge in [0, 0.05) is 28.5 Å². The second kappa shape index (κ2) is 5.04. The summed E-state index contributed by atoms with van der Waals surface area (Å²) >= 11 is 6.15. The zero-order chi connectivity index (χ0) is 16.2. The Bertz CT molecular complexity index is 960. The Morgan fingerprint density at radius 1 is 1.39 bits per heavy atom. The van der Waals surface area contributed by atoms with E-state index in [4.69, 9.17) is 16.3 Å². The van der Waals surface area contributed by atoms with E-state index in [2.05, 4.69) is 29.0 Å². The Morgan fingerprint density at radius 3 is 3.00 bits per heavy atom. The molecule has 0 bridgehead atoms. The summed E-state index contributed by atoms with van der Waals surface area (Å²) in [6.45, 7) is 5.50. The van der Waals surface area contributed by atoms with E-state index < -0.39 is 0 Å². The smallest absolute Gasteiger partial charge is 0.328 e. The van der Waals surface area contributed by atoms with E-state index in [0.29, 0.717) is 23.9 Å². The van der Waals surface area contributed by atoms with Gasteiger partial charge in [-0.1, -0.05) is 25.4 Å². The average Bonchev–Trinajstić information content (AvgIpc) is 2.83. The van der Waals surface area contributed by atoms with Gasteiger partial charge in [-0.2, -0.15) is 0 Å². The zero-order valence-corrected chi connectivity index (χ0v) is 13.7. The first kappa shape index (κ1) is 14.7. The summed E-state index contributed by atoms with van der Waals surface area (Å²) in [6.07, 6.45) is 0.782. The summed E-state index contributed by atoms with van der Waals surface area (Å²) in [6, 6.07) is 5.46. The van der Waals surface area contributed by atoms with Crippen LogP contribution in [0, 0.1) is 5.41 Å². The molecule has 0 radical (unpaired) electrons. The molecule has 120 valence electrons. The summed E-state index contributed by atoms with van der Waals surface area (Å²) in [5.74, 6) is 0. The Morgan fingerprint density at radius 2 is 2.22 bits per heavy atom. The van der Waals surface area contributed by atoms with Crippen LogP contribution in [0.25, 0.3) is 22.1 Å². The molecule has 3 heterocycles. The van der Waals surface area contributed by atoms with Gasteiger partial charge in [0.25, 0.3) is 0 Å². The van der Waals surface area contributed by atoms with Crippen LogP contribution in [0.5, 0.6) is 0 Å². The molecular formula is C16H17ClN4O2. The number of aromatic amines is 1. The normalized spacial score (nSPS) is 21.1. The highest BCUT2D eigenvalue weighted by Crippen LogP contribution is 2.39. The standard InChI is InChI=1S/C16H17ClN4O2/c1-16(2)8-23-6-5-12(16)21-13-10-7-9(17)3-4-11(10)19-20-14(13)18-15(21)22/h3-4,7,12H,5-6,8H2,1-2H3,(H,18,20,22)/t12-/m0/s1. The average molecular weight is 333 g/mol. The summed E-state index contributed by atoms with van der Waals surface area (Å²) in [5, 5.41) is 9.78. The Labute approximate surface area is 137 Å². The fourth-order valence-corrected chi connectivity index (χ4v) is 3.62. The minimum atomic E-state index is -0.165. The fourth-order valence-electron chi connectivity index (χ4n) is 3.45. The fraction of sp³-hybridized carbons (Fsp3) is 0.438. The summed E-state index contributed by atoms with van der Waals surface area (Å²) in [4.78, 5) is 15.4. The molecule has 0 aliphatic carbocycles. The maximum Gasteiger partial charge on any atom is 0.328 e. The van der Waals surface area contributed by atoms with Gasteiger partial charge in [-0.05, 0) is 24.6 Å². The molecule has 4 rings (SSSR count). The third-order valence-corrected chi connectivity index (χ3v) is 4.84. The lowest BCUT2D eigenvalue weighted by Gasteiger charge is -2.38. The largest absolute Gasteiger partial charge is 0.381 e. The number of ether oxygens (including phenoxy) is 1. The minimum Gasteiger partial charge on any atom is -0.381 e. The van der Waals surface area contributed by atoms with Gasteiger partial charge >= 0.3 is 5.69 Å². The van der Waals surface area contributed by atoms with Crippen LogP contribution in [0.3, 0.4) is 0 Å². The maximum atomic E-state index is 12.6. The van der Waals surface area contributed by atoms with E-state index in [1.807, 2.05) is 16.7 Å². The Kier molecular flexibility index (Phi) is 3.21. The molecule has 3 aromatic rings. The third-order valence-electron chi connectivity index (χ3n) is 4.60. The van der Waals surface area contributed by atoms with Crippen LogP contribution in [0.2, 0.25) is 5.02 Å². The van der Waals surface area contributed by atoms with Gasteiger partial charge in [0.05, 0.1) is 12.1 Å². The second-order valence-electron chi connectivity index (χ2n) is 6.70. The van der Waals surface area contributed by atoms with Crippen LogP contribution < -0.4 is 5.69 Å². The first-order valence-corrected chi connectivity index (χ1v) is 7.99. The zero-order valence-electron chi connectivity index (χ0n) is 13.0. The molecular weight excluding hydrogens is 316 g/mol. The van der Waals surface area contributed by atoms with Crippen molar-refractivity contribution in [2.24, 2.45) is 5.41 Å². The summed E-state index contributed by atoms with van der Waals surface area (Å²) in [7, 11) is 0. The first-order chi connectivity index (χ1) is 11.0. The third kappa shape index (κ3) is 2.24. The lowest BCUT2D eigenvalue weighted by atomic mass is 9.81. The number of nitrogens with zero attached hydrogens (tertiary/aromatic N) is 3. The SMILES string of the molecule is CC1(C)COCC[C@@H]1n1c(=O)[nH]c2nnc3ccc(Cl)cc3c21. The van der Waals surface area contributed by atoms with Crippen molar-refractivity contribution >= 4 is 33.7 Å². The number of imidazole rings is 1. The molecule has 1 aliphatic heterocycles. The van der Waals surface area contributed by atoms with Crippen molar-refractivity contribution in [1.82, 2.24) is 19.7 Å². The molecule has 2 aromatic heterocycles. The van der Waals surface area contributed by atoms with Crippen molar-refractivity contribution in [3.05, 3.63) is 33.7 Å². The van der Waals surface area contributed by atoms with Gasteiger partial charge < -0.3 is 4.74 Å². The first-order valence-electron chi connectivity index (χ1n) is 7.61. The predicted octanol–water partition coefficient (Wildman–Crippen LogP) is 2.91. The minimum absolute atomic E-state index is 0.0314. The van der Waals surface area contributed by atoms with Gasteiger partial charge in [-0.3, -0.25) is 9.55 Å². The molecule has 0 amide bonds. The number of halogens is 1. The van der Waals surface area contributed by atoms with Crippen LogP contribution in [0.4, 0.5) is 0 Å². The number of aromatic nitrogens is 4. The highest BCUT2D eigenvalue weighted by molar-refractivity contribution is 6.31. The van der Waals surface area contributed by atoms with E-state index in [-0.39, 0.29) is 17.1 Å². The molecule has 1 atom stereocenters. The Hall–Kier alpha value is -1.92. The molecule has 1 saturated heterocycles. The van der Waals surface area contributed by atoms with Crippen molar-refractivity contribution in [1.29, 1.82) is 0 Å². The number of nitrogens with one attached hydrogen (secondary N) is 1. The van der Waals surface area contributed by atoms with Crippen molar-refractivity contribution in [3.63, 3.8) is 0 Å². The lowest BCUT2D eigenvalue weighted by molar-refractivity contribution is -0.0251. The molecule has 1 N–H and O–H groups in total. The van der Waals surface area contributed by atoms with Crippen molar-refractivity contribution in [2.45, 2.75) is 26.3 Å². The number of rotatable bonds is 1. The molecule has 23 heavy (non-hydrogen) atoms. The summed E-state index contributed by atoms with van der Waals surface area (Å²) in [5.41, 5.74) is 1.67. The number of fused-ring (bicyclic) bond motifs is 3. The van der Waals surface area contributed by atoms with Gasteiger partial charge in [0.15, 0.2) is 5.65 Å². The highest BCUT2D eigenvalue weighted by atomic mass is 35.5. The molecule has 0 unspecified atom stereocenters. The van der Waals surface area contributed by atoms with Crippen LogP contribution in [0.1, 0.15) is 26.3 Å². The number of benzene rings is 1. The molecule has 1 aliphatic rings. The molecule has 0 saturated carbocycles. The van der Waals surface area contributed by atoms with Crippen LogP contribution in [0.15, 0.2) is 23.0 Å². The van der Waals surface area contributed by atoms with E-state index in [0.717, 1.165) is 22.8 Å². The monoisotopic (exact) mass is 332 g/mol. The maximum absolute atomic E-state index is 12.6. The summed E-state index contributed by atoms with van der Waals surface area (Å²) < 4.78 is 7.41. The molecule has 0 spiro atoms. The van der Waals surface area contributed by atoms with Crippen LogP contribution in [-0.4, -0.2) is 33.0 Å². The van der Waals surface area contributed by atoms with E-state index in [1.54, 1.807) is 6.07 Å². The van der Waals surface area contributed by atoms with E-state index >= 15 is 0 Å². The second-order valence-corrected chi connectivity index (χ2v) is 7.14. The van der Waals surface area contributed by atoms with Gasteiger partial charge in [0.1, 0.15) is 5.52 Å². The van der Waals surface area contributed by atoms with Crippen molar-refractivity contribution in [2.75, 3.05) is 13.2 Å². The van der Waals surface area contributed by atoms with Crippen LogP contribution >= 0.6 is 11.6 Å². The van der Waals surface area contributed by atoms with Crippen LogP contribution in [-0.2, 0) is 4.74 Å². The Balaban J connectivity index is 2.08. The van der Waals surface area contributed by atoms with Gasteiger partial charge in [-0.15, -0.1) is 10.2 Å². The van der Waals surface area contributed by atoms with E-state index in [1.165, 1.54) is 0 Å². The topological polar surface area (TPSA) is 72.8 Å². The molecule has 1 aromatic carbocycles. The van der Waals surface area contributed by atoms with Gasteiger partial charge in [0.2, 0.25) is 0 Å². The quantitative estimate of drug-likeness (QED) is 0.743. The molecule has 1 fully saturated rings. The number of hydrogen-bond acceptors (Lipinski definition) is 4. The van der Waals surface area contributed by atoms with E-state index in [9.17, 15) is 4.79 Å². The number of hydrogen-bond donors (Lipinski definition) is 1.